The monoisotopic (exact) mass is 393 g/mol. The van der Waals surface area contributed by atoms with Crippen LogP contribution in [0.1, 0.15) is 71.7 Å². The molecule has 2 heterocycles. The molecule has 2 fully saturated rings. The van der Waals surface area contributed by atoms with Crippen molar-refractivity contribution in [3.63, 3.8) is 0 Å². The fourth-order valence-electron chi connectivity index (χ4n) is 3.74. The molecule has 1 aliphatic heterocycles. The lowest BCUT2D eigenvalue weighted by Gasteiger charge is -2.33. The lowest BCUT2D eigenvalue weighted by molar-refractivity contribution is 0.0685. The van der Waals surface area contributed by atoms with Gasteiger partial charge in [0.25, 0.3) is 5.91 Å². The number of carbonyl (C=O) groups excluding carboxylic acids is 1. The Kier molecular flexibility index (Phi) is 8.46. The maximum atomic E-state index is 12.8. The number of aromatic nitrogens is 1. The summed E-state index contributed by atoms with van der Waals surface area (Å²) in [6, 6.07) is 0.233. The number of likely N-dealkylation sites (tertiary alicyclic amines) is 1. The van der Waals surface area contributed by atoms with Crippen LogP contribution in [0, 0.1) is 12.8 Å². The largest absolute Gasteiger partial charge is 0.338 e. The molecule has 3 rings (SSSR count). The predicted molar refractivity (Wildman–Crippen MR) is 105 cm³/mol. The van der Waals surface area contributed by atoms with E-state index in [0.717, 1.165) is 36.5 Å². The van der Waals surface area contributed by atoms with E-state index < -0.39 is 0 Å². The van der Waals surface area contributed by atoms with Gasteiger partial charge in [0.1, 0.15) is 4.88 Å². The fourth-order valence-corrected chi connectivity index (χ4v) is 4.94. The molecule has 2 N–H and O–H groups in total. The number of thiazole rings is 1. The standard InChI is InChI=1S/C17H27N3OS.2ClH/c1-11(18)13-7-9-20(10-8-13)17(21)15-12(2)19-16(22-15)14-5-3-4-6-14;;/h11,13-14H,3-10,18H2,1-2H3;2*1H. The van der Waals surface area contributed by atoms with E-state index in [2.05, 4.69) is 6.92 Å². The molecular formula is C17H29Cl2N3OS. The van der Waals surface area contributed by atoms with Crippen molar-refractivity contribution in [3.8, 4) is 0 Å². The lowest BCUT2D eigenvalue weighted by atomic mass is 9.91. The van der Waals surface area contributed by atoms with Crippen molar-refractivity contribution in [3.05, 3.63) is 15.6 Å². The lowest BCUT2D eigenvalue weighted by Crippen LogP contribution is -2.42. The summed E-state index contributed by atoms with van der Waals surface area (Å²) < 4.78 is 0. The van der Waals surface area contributed by atoms with Crippen LogP contribution in [0.4, 0.5) is 0 Å². The van der Waals surface area contributed by atoms with Gasteiger partial charge in [-0.2, -0.15) is 0 Å². The van der Waals surface area contributed by atoms with Crippen LogP contribution in [0.2, 0.25) is 0 Å². The van der Waals surface area contributed by atoms with E-state index >= 15 is 0 Å². The first-order valence-corrected chi connectivity index (χ1v) is 9.40. The highest BCUT2D eigenvalue weighted by molar-refractivity contribution is 7.13. The molecule has 1 amide bonds. The van der Waals surface area contributed by atoms with Crippen molar-refractivity contribution in [2.24, 2.45) is 11.7 Å². The number of carbonyl (C=O) groups is 1. The van der Waals surface area contributed by atoms with Gasteiger partial charge < -0.3 is 10.6 Å². The van der Waals surface area contributed by atoms with Crippen LogP contribution in [-0.2, 0) is 0 Å². The molecule has 1 aliphatic carbocycles. The Balaban J connectivity index is 0.00000144. The van der Waals surface area contributed by atoms with Gasteiger partial charge >= 0.3 is 0 Å². The maximum absolute atomic E-state index is 12.8. The van der Waals surface area contributed by atoms with Crippen LogP contribution in [0.3, 0.4) is 0 Å². The summed E-state index contributed by atoms with van der Waals surface area (Å²) in [5.74, 6) is 1.33. The molecule has 2 aliphatic rings. The Bertz CT molecular complexity index is 536. The van der Waals surface area contributed by atoms with Crippen LogP contribution in [0.25, 0.3) is 0 Å². The molecule has 1 atom stereocenters. The molecule has 1 saturated heterocycles. The summed E-state index contributed by atoms with van der Waals surface area (Å²) in [4.78, 5) is 20.4. The molecule has 138 valence electrons. The average molecular weight is 394 g/mol. The molecule has 0 radical (unpaired) electrons. The highest BCUT2D eigenvalue weighted by atomic mass is 35.5. The van der Waals surface area contributed by atoms with Gasteiger partial charge in [0.2, 0.25) is 0 Å². The van der Waals surface area contributed by atoms with Gasteiger partial charge in [0.05, 0.1) is 10.7 Å². The van der Waals surface area contributed by atoms with Gasteiger partial charge in [-0.1, -0.05) is 12.8 Å². The number of rotatable bonds is 3. The third kappa shape index (κ3) is 4.63. The summed E-state index contributed by atoms with van der Waals surface area (Å²) in [5.41, 5.74) is 6.91. The maximum Gasteiger partial charge on any atom is 0.265 e. The number of amides is 1. The molecule has 1 aromatic rings. The number of hydrogen-bond acceptors (Lipinski definition) is 4. The predicted octanol–water partition coefficient (Wildman–Crippen LogP) is 4.15. The molecular weight excluding hydrogens is 365 g/mol. The average Bonchev–Trinajstić information content (AvgIpc) is 3.16. The molecule has 0 aromatic carbocycles. The fraction of sp³-hybridized carbons (Fsp3) is 0.765. The molecule has 0 bridgehead atoms. The number of nitrogens with zero attached hydrogens (tertiary/aromatic N) is 2. The second-order valence-corrected chi connectivity index (χ2v) is 7.97. The van der Waals surface area contributed by atoms with E-state index in [0.29, 0.717) is 11.8 Å². The molecule has 7 heteroatoms. The van der Waals surface area contributed by atoms with Crippen molar-refractivity contribution >= 4 is 42.1 Å². The minimum atomic E-state index is 0. The Morgan fingerprint density at radius 1 is 1.21 bits per heavy atom. The minimum Gasteiger partial charge on any atom is -0.338 e. The Morgan fingerprint density at radius 3 is 2.33 bits per heavy atom. The number of piperidine rings is 1. The van der Waals surface area contributed by atoms with Crippen LogP contribution < -0.4 is 5.73 Å². The van der Waals surface area contributed by atoms with Gasteiger partial charge in [0, 0.05) is 25.0 Å². The van der Waals surface area contributed by atoms with Gasteiger partial charge in [-0.15, -0.1) is 36.2 Å². The zero-order valence-corrected chi connectivity index (χ0v) is 16.9. The molecule has 0 spiro atoms. The van der Waals surface area contributed by atoms with Gasteiger partial charge in [-0.25, -0.2) is 4.98 Å². The molecule has 1 saturated carbocycles. The quantitative estimate of drug-likeness (QED) is 0.838. The van der Waals surface area contributed by atoms with Gasteiger partial charge in [-0.3, -0.25) is 4.79 Å². The van der Waals surface area contributed by atoms with E-state index in [9.17, 15) is 4.79 Å². The van der Waals surface area contributed by atoms with Crippen LogP contribution >= 0.6 is 36.2 Å². The van der Waals surface area contributed by atoms with Crippen molar-refractivity contribution in [2.75, 3.05) is 13.1 Å². The minimum absolute atomic E-state index is 0. The van der Waals surface area contributed by atoms with Crippen LogP contribution in [0.15, 0.2) is 0 Å². The zero-order chi connectivity index (χ0) is 15.7. The van der Waals surface area contributed by atoms with Crippen LogP contribution in [-0.4, -0.2) is 34.9 Å². The summed E-state index contributed by atoms with van der Waals surface area (Å²) in [5, 5.41) is 1.18. The third-order valence-corrected chi connectivity index (χ3v) is 6.59. The van der Waals surface area contributed by atoms with Crippen LogP contribution in [0.5, 0.6) is 0 Å². The van der Waals surface area contributed by atoms with Gasteiger partial charge in [-0.05, 0) is 45.4 Å². The van der Waals surface area contributed by atoms with E-state index in [-0.39, 0.29) is 36.8 Å². The summed E-state index contributed by atoms with van der Waals surface area (Å²) in [6.45, 7) is 5.72. The molecule has 1 aromatic heterocycles. The number of halogens is 2. The summed E-state index contributed by atoms with van der Waals surface area (Å²) >= 11 is 1.64. The molecule has 4 nitrogen and oxygen atoms in total. The Labute approximate surface area is 161 Å². The number of aryl methyl sites for hydroxylation is 1. The first-order chi connectivity index (χ1) is 10.6. The van der Waals surface area contributed by atoms with E-state index in [1.165, 1.54) is 30.7 Å². The van der Waals surface area contributed by atoms with E-state index in [1.54, 1.807) is 11.3 Å². The van der Waals surface area contributed by atoms with Crippen molar-refractivity contribution in [1.29, 1.82) is 0 Å². The first kappa shape index (κ1) is 21.7. The van der Waals surface area contributed by atoms with Crippen molar-refractivity contribution in [2.45, 2.75) is 64.3 Å². The first-order valence-electron chi connectivity index (χ1n) is 8.58. The second-order valence-electron chi connectivity index (χ2n) is 6.94. The number of nitrogens with two attached hydrogens (primary N) is 1. The normalized spacial score (nSPS) is 20.4. The van der Waals surface area contributed by atoms with E-state index in [4.69, 9.17) is 10.7 Å². The van der Waals surface area contributed by atoms with Crippen molar-refractivity contribution in [1.82, 2.24) is 9.88 Å². The second kappa shape index (κ2) is 9.37. The molecule has 1 unspecified atom stereocenters. The SMILES string of the molecule is Cc1nc(C2CCCC2)sc1C(=O)N1CCC(C(C)N)CC1.Cl.Cl. The Hall–Kier alpha value is -0.360. The Morgan fingerprint density at radius 2 is 1.79 bits per heavy atom. The topological polar surface area (TPSA) is 59.2 Å². The van der Waals surface area contributed by atoms with Crippen molar-refractivity contribution < 1.29 is 4.79 Å². The van der Waals surface area contributed by atoms with Gasteiger partial charge in [0.15, 0.2) is 0 Å². The smallest absolute Gasteiger partial charge is 0.265 e. The summed E-state index contributed by atoms with van der Waals surface area (Å²) in [7, 11) is 0. The highest BCUT2D eigenvalue weighted by Crippen LogP contribution is 2.37. The number of hydrogen-bond donors (Lipinski definition) is 1. The highest BCUT2D eigenvalue weighted by Gasteiger charge is 2.29. The molecule has 24 heavy (non-hydrogen) atoms. The third-order valence-electron chi connectivity index (χ3n) is 5.28. The van der Waals surface area contributed by atoms with E-state index in [1.807, 2.05) is 11.8 Å². The zero-order valence-electron chi connectivity index (χ0n) is 14.5. The summed E-state index contributed by atoms with van der Waals surface area (Å²) in [6.07, 6.45) is 7.13.